The van der Waals surface area contributed by atoms with Gasteiger partial charge in [0.05, 0.1) is 6.10 Å². The molecule has 0 heterocycles. The highest BCUT2D eigenvalue weighted by Crippen LogP contribution is 2.33. The highest BCUT2D eigenvalue weighted by molar-refractivity contribution is 5.94. The molecular weight excluding hydrogens is 294 g/mol. The SMILES string of the molecule is Cc1ccc(NC2(C(=O)N[C@H](C(N)=O)[C@@H](C)O)CCCC2)cc1. The minimum atomic E-state index is -1.08. The van der Waals surface area contributed by atoms with E-state index in [2.05, 4.69) is 10.6 Å². The number of aliphatic hydroxyl groups is 1. The number of nitrogens with two attached hydrogens (primary N) is 1. The topological polar surface area (TPSA) is 104 Å². The van der Waals surface area contributed by atoms with Gasteiger partial charge in [0.25, 0.3) is 0 Å². The van der Waals surface area contributed by atoms with Crippen LogP contribution in [0.1, 0.15) is 38.2 Å². The molecule has 1 saturated carbocycles. The summed E-state index contributed by atoms with van der Waals surface area (Å²) < 4.78 is 0. The second-order valence-corrected chi connectivity index (χ2v) is 6.37. The van der Waals surface area contributed by atoms with Gasteiger partial charge < -0.3 is 21.5 Å². The van der Waals surface area contributed by atoms with Crippen molar-refractivity contribution in [2.45, 2.75) is 57.2 Å². The van der Waals surface area contributed by atoms with Gasteiger partial charge in [-0.15, -0.1) is 0 Å². The smallest absolute Gasteiger partial charge is 0.246 e. The number of carbonyl (C=O) groups is 2. The first-order valence-electron chi connectivity index (χ1n) is 7.97. The molecule has 126 valence electrons. The summed E-state index contributed by atoms with van der Waals surface area (Å²) in [5, 5.41) is 15.6. The van der Waals surface area contributed by atoms with E-state index in [1.54, 1.807) is 0 Å². The fraction of sp³-hybridized carbons (Fsp3) is 0.529. The molecule has 6 nitrogen and oxygen atoms in total. The predicted molar refractivity (Wildman–Crippen MR) is 88.8 cm³/mol. The standard InChI is InChI=1S/C17H25N3O3/c1-11-5-7-13(8-6-11)20-17(9-3-4-10-17)16(23)19-14(12(2)21)15(18)22/h5-8,12,14,20-21H,3-4,9-10H2,1-2H3,(H2,18,22)(H,19,23)/t12-,14+/m1/s1. The Morgan fingerprint density at radius 2 is 1.78 bits per heavy atom. The van der Waals surface area contributed by atoms with E-state index in [9.17, 15) is 14.7 Å². The number of carbonyl (C=O) groups excluding carboxylic acids is 2. The summed E-state index contributed by atoms with van der Waals surface area (Å²) >= 11 is 0. The van der Waals surface area contributed by atoms with Crippen LogP contribution in [0.4, 0.5) is 5.69 Å². The Morgan fingerprint density at radius 3 is 2.26 bits per heavy atom. The van der Waals surface area contributed by atoms with Gasteiger partial charge in [-0.2, -0.15) is 0 Å². The first kappa shape index (κ1) is 17.3. The van der Waals surface area contributed by atoms with Gasteiger partial charge in [0.15, 0.2) is 0 Å². The summed E-state index contributed by atoms with van der Waals surface area (Å²) in [5.41, 5.74) is 6.50. The van der Waals surface area contributed by atoms with Crippen molar-refractivity contribution in [3.8, 4) is 0 Å². The molecule has 6 heteroatoms. The summed E-state index contributed by atoms with van der Waals surface area (Å²) in [6.07, 6.45) is 2.19. The molecule has 1 fully saturated rings. The van der Waals surface area contributed by atoms with Crippen LogP contribution in [0, 0.1) is 6.92 Å². The number of benzene rings is 1. The molecule has 1 aliphatic carbocycles. The third kappa shape index (κ3) is 4.01. The van der Waals surface area contributed by atoms with Crippen LogP contribution < -0.4 is 16.4 Å². The molecule has 2 atom stereocenters. The Kier molecular flexibility index (Phi) is 5.26. The molecule has 5 N–H and O–H groups in total. The Hall–Kier alpha value is -2.08. The number of aryl methyl sites for hydroxylation is 1. The summed E-state index contributed by atoms with van der Waals surface area (Å²) in [6, 6.07) is 6.74. The van der Waals surface area contributed by atoms with E-state index >= 15 is 0 Å². The van der Waals surface area contributed by atoms with E-state index in [-0.39, 0.29) is 5.91 Å². The number of hydrogen-bond acceptors (Lipinski definition) is 4. The molecular formula is C17H25N3O3. The van der Waals surface area contributed by atoms with E-state index in [0.29, 0.717) is 12.8 Å². The minimum absolute atomic E-state index is 0.291. The van der Waals surface area contributed by atoms with Gasteiger partial charge in [0, 0.05) is 5.69 Å². The summed E-state index contributed by atoms with van der Waals surface area (Å²) in [7, 11) is 0. The van der Waals surface area contributed by atoms with E-state index in [0.717, 1.165) is 24.1 Å². The van der Waals surface area contributed by atoms with Crippen LogP contribution in [0.15, 0.2) is 24.3 Å². The Balaban J connectivity index is 2.17. The maximum absolute atomic E-state index is 12.8. The second-order valence-electron chi connectivity index (χ2n) is 6.37. The molecule has 1 aromatic carbocycles. The third-order valence-electron chi connectivity index (χ3n) is 4.40. The third-order valence-corrected chi connectivity index (χ3v) is 4.40. The molecule has 0 unspecified atom stereocenters. The lowest BCUT2D eigenvalue weighted by Crippen LogP contribution is -2.58. The fourth-order valence-corrected chi connectivity index (χ4v) is 3.01. The Morgan fingerprint density at radius 1 is 1.22 bits per heavy atom. The first-order valence-corrected chi connectivity index (χ1v) is 7.97. The number of nitrogens with one attached hydrogen (secondary N) is 2. The quantitative estimate of drug-likeness (QED) is 0.629. The highest BCUT2D eigenvalue weighted by atomic mass is 16.3. The van der Waals surface area contributed by atoms with E-state index in [1.807, 2.05) is 31.2 Å². The number of amides is 2. The molecule has 0 bridgehead atoms. The Bertz CT molecular complexity index is 563. The van der Waals surface area contributed by atoms with Gasteiger partial charge in [0.2, 0.25) is 11.8 Å². The molecule has 1 aromatic rings. The van der Waals surface area contributed by atoms with Crippen LogP contribution in [-0.2, 0) is 9.59 Å². The molecule has 2 rings (SSSR count). The van der Waals surface area contributed by atoms with Gasteiger partial charge >= 0.3 is 0 Å². The van der Waals surface area contributed by atoms with Crippen molar-refractivity contribution in [2.24, 2.45) is 5.73 Å². The maximum atomic E-state index is 12.8. The van der Waals surface area contributed by atoms with Crippen LogP contribution in [0.25, 0.3) is 0 Å². The Labute approximate surface area is 136 Å². The first-order chi connectivity index (χ1) is 10.8. The predicted octanol–water partition coefficient (Wildman–Crippen LogP) is 1.07. The van der Waals surface area contributed by atoms with Crippen molar-refractivity contribution in [1.29, 1.82) is 0 Å². The van der Waals surface area contributed by atoms with Crippen molar-refractivity contribution in [2.75, 3.05) is 5.32 Å². The zero-order chi connectivity index (χ0) is 17.0. The molecule has 1 aliphatic rings. The van der Waals surface area contributed by atoms with Crippen LogP contribution >= 0.6 is 0 Å². The van der Waals surface area contributed by atoms with Crippen molar-refractivity contribution in [3.63, 3.8) is 0 Å². The number of rotatable bonds is 6. The van der Waals surface area contributed by atoms with Crippen molar-refractivity contribution in [1.82, 2.24) is 5.32 Å². The van der Waals surface area contributed by atoms with Gasteiger partial charge in [0.1, 0.15) is 11.6 Å². The lowest BCUT2D eigenvalue weighted by molar-refractivity contribution is -0.132. The fourth-order valence-electron chi connectivity index (χ4n) is 3.01. The molecule has 0 radical (unpaired) electrons. The summed E-state index contributed by atoms with van der Waals surface area (Å²) in [6.45, 7) is 3.44. The lowest BCUT2D eigenvalue weighted by atomic mass is 9.94. The number of anilines is 1. The van der Waals surface area contributed by atoms with Crippen molar-refractivity contribution in [3.05, 3.63) is 29.8 Å². The number of primary amides is 1. The minimum Gasteiger partial charge on any atom is -0.391 e. The van der Waals surface area contributed by atoms with Crippen LogP contribution in [0.2, 0.25) is 0 Å². The zero-order valence-corrected chi connectivity index (χ0v) is 13.6. The summed E-state index contributed by atoms with van der Waals surface area (Å²) in [5.74, 6) is -1.03. The van der Waals surface area contributed by atoms with Crippen molar-refractivity contribution < 1.29 is 14.7 Å². The molecule has 0 aliphatic heterocycles. The van der Waals surface area contributed by atoms with E-state index < -0.39 is 23.6 Å². The van der Waals surface area contributed by atoms with E-state index in [4.69, 9.17) is 5.73 Å². The summed E-state index contributed by atoms with van der Waals surface area (Å²) in [4.78, 5) is 24.2. The second kappa shape index (κ2) is 7.00. The molecule has 2 amide bonds. The number of hydrogen-bond donors (Lipinski definition) is 4. The van der Waals surface area contributed by atoms with Crippen LogP contribution in [0.3, 0.4) is 0 Å². The molecule has 23 heavy (non-hydrogen) atoms. The monoisotopic (exact) mass is 319 g/mol. The van der Waals surface area contributed by atoms with Gasteiger partial charge in [-0.25, -0.2) is 0 Å². The van der Waals surface area contributed by atoms with Gasteiger partial charge in [-0.1, -0.05) is 30.5 Å². The molecule has 0 spiro atoms. The van der Waals surface area contributed by atoms with E-state index in [1.165, 1.54) is 6.92 Å². The largest absolute Gasteiger partial charge is 0.391 e. The maximum Gasteiger partial charge on any atom is 0.246 e. The molecule has 0 aromatic heterocycles. The van der Waals surface area contributed by atoms with Gasteiger partial charge in [-0.3, -0.25) is 9.59 Å². The zero-order valence-electron chi connectivity index (χ0n) is 13.6. The lowest BCUT2D eigenvalue weighted by Gasteiger charge is -2.32. The average molecular weight is 319 g/mol. The highest BCUT2D eigenvalue weighted by Gasteiger charge is 2.42. The van der Waals surface area contributed by atoms with Crippen molar-refractivity contribution >= 4 is 17.5 Å². The normalized spacial score (nSPS) is 18.9. The van der Waals surface area contributed by atoms with Crippen LogP contribution in [-0.4, -0.2) is 34.6 Å². The average Bonchev–Trinajstić information content (AvgIpc) is 2.96. The number of aliphatic hydroxyl groups excluding tert-OH is 1. The van der Waals surface area contributed by atoms with Gasteiger partial charge in [-0.05, 0) is 38.8 Å². The molecule has 0 saturated heterocycles. The van der Waals surface area contributed by atoms with Crippen LogP contribution in [0.5, 0.6) is 0 Å².